The molecule has 0 aliphatic carbocycles. The number of hydrogen-bond acceptors (Lipinski definition) is 3. The number of rotatable bonds is 3. The summed E-state index contributed by atoms with van der Waals surface area (Å²) in [4.78, 5) is 23.8. The number of carboxylic acids is 1. The van der Waals surface area contributed by atoms with E-state index in [4.69, 9.17) is 5.11 Å². The van der Waals surface area contributed by atoms with Gasteiger partial charge < -0.3 is 10.0 Å². The summed E-state index contributed by atoms with van der Waals surface area (Å²) >= 11 is 4.29. The number of hydrogen-bond donors (Lipinski definition) is 2. The molecule has 1 fully saturated rings. The fourth-order valence-corrected chi connectivity index (χ4v) is 2.23. The Morgan fingerprint density at radius 3 is 2.53 bits per heavy atom. The zero-order valence-electron chi connectivity index (χ0n) is 9.17. The highest BCUT2D eigenvalue weighted by molar-refractivity contribution is 7.81. The molecule has 1 aliphatic rings. The molecule has 1 amide bonds. The molecule has 0 radical (unpaired) electrons. The van der Waals surface area contributed by atoms with Crippen molar-refractivity contribution in [1.29, 1.82) is 0 Å². The first kappa shape index (κ1) is 12.0. The van der Waals surface area contributed by atoms with Crippen LogP contribution in [0.2, 0.25) is 0 Å². The molecule has 1 saturated heterocycles. The molecule has 1 aromatic rings. The molecule has 1 aliphatic heterocycles. The Morgan fingerprint density at radius 1 is 1.41 bits per heavy atom. The predicted octanol–water partition coefficient (Wildman–Crippen LogP) is 1.35. The van der Waals surface area contributed by atoms with E-state index in [0.29, 0.717) is 13.0 Å². The maximum Gasteiger partial charge on any atom is 0.307 e. The number of aliphatic carboxylic acids is 1. The Kier molecular flexibility index (Phi) is 3.38. The molecule has 1 atom stereocenters. The van der Waals surface area contributed by atoms with Crippen LogP contribution in [0.3, 0.4) is 0 Å². The van der Waals surface area contributed by atoms with E-state index in [1.807, 2.05) is 0 Å². The van der Waals surface area contributed by atoms with Gasteiger partial charge in [-0.05, 0) is 17.7 Å². The Hall–Kier alpha value is -1.49. The Bertz CT molecular complexity index is 444. The second-order valence-electron chi connectivity index (χ2n) is 4.10. The van der Waals surface area contributed by atoms with Crippen molar-refractivity contribution in [3.63, 3.8) is 0 Å². The second kappa shape index (κ2) is 4.79. The van der Waals surface area contributed by atoms with Crippen LogP contribution in [0.5, 0.6) is 0 Å². The molecule has 0 bridgehead atoms. The third kappa shape index (κ3) is 2.79. The van der Waals surface area contributed by atoms with Crippen LogP contribution in [0.25, 0.3) is 0 Å². The number of carbonyl (C=O) groups excluding carboxylic acids is 1. The Balaban J connectivity index is 2.12. The largest absolute Gasteiger partial charge is 0.481 e. The number of amides is 1. The van der Waals surface area contributed by atoms with Gasteiger partial charge in [0.2, 0.25) is 5.91 Å². The van der Waals surface area contributed by atoms with Crippen molar-refractivity contribution in [2.24, 2.45) is 0 Å². The van der Waals surface area contributed by atoms with Crippen molar-refractivity contribution >= 4 is 30.2 Å². The van der Waals surface area contributed by atoms with E-state index < -0.39 is 5.97 Å². The van der Waals surface area contributed by atoms with Crippen molar-refractivity contribution < 1.29 is 14.7 Å². The summed E-state index contributed by atoms with van der Waals surface area (Å²) in [6, 6.07) is 7.04. The van der Waals surface area contributed by atoms with Crippen molar-refractivity contribution in [2.45, 2.75) is 18.1 Å². The van der Waals surface area contributed by atoms with Gasteiger partial charge in [0.1, 0.15) is 0 Å². The number of carboxylic acid groups (broad SMARTS) is 1. The molecule has 2 rings (SSSR count). The monoisotopic (exact) mass is 251 g/mol. The average Bonchev–Trinajstić information content (AvgIpc) is 2.58. The van der Waals surface area contributed by atoms with Crippen LogP contribution in [0, 0.1) is 0 Å². The van der Waals surface area contributed by atoms with Crippen molar-refractivity contribution in [2.75, 3.05) is 11.4 Å². The fraction of sp³-hybridized carbons (Fsp3) is 0.333. The van der Waals surface area contributed by atoms with E-state index in [0.717, 1.165) is 11.3 Å². The fourth-order valence-electron chi connectivity index (χ4n) is 1.91. The molecule has 17 heavy (non-hydrogen) atoms. The van der Waals surface area contributed by atoms with Crippen LogP contribution in [0.15, 0.2) is 24.3 Å². The Morgan fingerprint density at radius 2 is 2.06 bits per heavy atom. The van der Waals surface area contributed by atoms with E-state index in [1.54, 1.807) is 29.2 Å². The maximum absolute atomic E-state index is 11.6. The number of nitrogens with zero attached hydrogens (tertiary/aromatic N) is 1. The van der Waals surface area contributed by atoms with Crippen LogP contribution in [0.4, 0.5) is 5.69 Å². The quantitative estimate of drug-likeness (QED) is 0.797. The zero-order valence-corrected chi connectivity index (χ0v) is 10.1. The molecule has 0 aromatic heterocycles. The highest BCUT2D eigenvalue weighted by Crippen LogP contribution is 2.24. The van der Waals surface area contributed by atoms with Crippen LogP contribution < -0.4 is 4.90 Å². The van der Waals surface area contributed by atoms with Crippen molar-refractivity contribution in [3.05, 3.63) is 29.8 Å². The highest BCUT2D eigenvalue weighted by atomic mass is 32.1. The first-order valence-electron chi connectivity index (χ1n) is 5.35. The van der Waals surface area contributed by atoms with Gasteiger partial charge >= 0.3 is 5.97 Å². The third-order valence-corrected chi connectivity index (χ3v) is 3.05. The van der Waals surface area contributed by atoms with Crippen molar-refractivity contribution in [3.8, 4) is 0 Å². The van der Waals surface area contributed by atoms with Gasteiger partial charge in [0.25, 0.3) is 0 Å². The van der Waals surface area contributed by atoms with Gasteiger partial charge in [0.05, 0.1) is 6.42 Å². The number of carbonyl (C=O) groups is 2. The van der Waals surface area contributed by atoms with Gasteiger partial charge in [0, 0.05) is 23.9 Å². The minimum Gasteiger partial charge on any atom is -0.481 e. The van der Waals surface area contributed by atoms with Gasteiger partial charge in [-0.2, -0.15) is 12.6 Å². The molecule has 5 heteroatoms. The highest BCUT2D eigenvalue weighted by Gasteiger charge is 2.28. The number of thiol groups is 1. The number of anilines is 1. The van der Waals surface area contributed by atoms with Gasteiger partial charge in [-0.1, -0.05) is 12.1 Å². The standard InChI is InChI=1S/C12H13NO3S/c14-11-6-10(17)7-13(11)9-3-1-8(2-4-9)5-12(15)16/h1-4,10,17H,5-7H2,(H,15,16). The summed E-state index contributed by atoms with van der Waals surface area (Å²) in [5.41, 5.74) is 1.54. The molecule has 1 aromatic carbocycles. The lowest BCUT2D eigenvalue weighted by molar-refractivity contribution is -0.136. The van der Waals surface area contributed by atoms with Crippen molar-refractivity contribution in [1.82, 2.24) is 0 Å². The molecule has 1 heterocycles. The van der Waals surface area contributed by atoms with Gasteiger partial charge in [0.15, 0.2) is 0 Å². The van der Waals surface area contributed by atoms with Gasteiger partial charge in [-0.15, -0.1) is 0 Å². The molecule has 90 valence electrons. The van der Waals surface area contributed by atoms with E-state index in [-0.39, 0.29) is 17.6 Å². The molecule has 0 saturated carbocycles. The molecular weight excluding hydrogens is 238 g/mol. The molecule has 1 N–H and O–H groups in total. The topological polar surface area (TPSA) is 57.6 Å². The van der Waals surface area contributed by atoms with Crippen LogP contribution in [0.1, 0.15) is 12.0 Å². The summed E-state index contributed by atoms with van der Waals surface area (Å²) in [7, 11) is 0. The summed E-state index contributed by atoms with van der Waals surface area (Å²) in [6.45, 7) is 0.611. The Labute approximate surface area is 105 Å². The van der Waals surface area contributed by atoms with E-state index in [1.165, 1.54) is 0 Å². The minimum atomic E-state index is -0.856. The predicted molar refractivity (Wildman–Crippen MR) is 67.5 cm³/mol. The van der Waals surface area contributed by atoms with Gasteiger partial charge in [-0.25, -0.2) is 0 Å². The molecule has 4 nitrogen and oxygen atoms in total. The maximum atomic E-state index is 11.6. The first-order chi connectivity index (χ1) is 8.06. The lowest BCUT2D eigenvalue weighted by Gasteiger charge is -2.16. The minimum absolute atomic E-state index is 0.00339. The second-order valence-corrected chi connectivity index (χ2v) is 4.83. The lowest BCUT2D eigenvalue weighted by atomic mass is 10.1. The first-order valence-corrected chi connectivity index (χ1v) is 5.87. The van der Waals surface area contributed by atoms with Crippen LogP contribution >= 0.6 is 12.6 Å². The molecule has 0 spiro atoms. The lowest BCUT2D eigenvalue weighted by Crippen LogP contribution is -2.24. The summed E-state index contributed by atoms with van der Waals surface area (Å²) in [5, 5.41) is 8.73. The third-order valence-electron chi connectivity index (χ3n) is 2.71. The van der Waals surface area contributed by atoms with E-state index >= 15 is 0 Å². The normalized spacial score (nSPS) is 19.7. The van der Waals surface area contributed by atoms with Crippen LogP contribution in [-0.4, -0.2) is 28.8 Å². The summed E-state index contributed by atoms with van der Waals surface area (Å²) in [6.07, 6.45) is 0.462. The van der Waals surface area contributed by atoms with Gasteiger partial charge in [-0.3, -0.25) is 9.59 Å². The average molecular weight is 251 g/mol. The molecular formula is C12H13NO3S. The van der Waals surface area contributed by atoms with Crippen LogP contribution in [-0.2, 0) is 16.0 Å². The van der Waals surface area contributed by atoms with E-state index in [2.05, 4.69) is 12.6 Å². The number of benzene rings is 1. The molecule has 1 unspecified atom stereocenters. The summed E-state index contributed by atoms with van der Waals surface area (Å²) < 4.78 is 0. The van der Waals surface area contributed by atoms with E-state index in [9.17, 15) is 9.59 Å². The SMILES string of the molecule is O=C(O)Cc1ccc(N2CC(S)CC2=O)cc1. The zero-order chi connectivity index (χ0) is 12.4. The summed E-state index contributed by atoms with van der Waals surface area (Å²) in [5.74, 6) is -0.790. The smallest absolute Gasteiger partial charge is 0.307 e.